The molecule has 0 aliphatic carbocycles. The molecule has 0 radical (unpaired) electrons. The Balaban J connectivity index is 2.99. The van der Waals surface area contributed by atoms with Crippen molar-refractivity contribution >= 4 is 23.2 Å². The second-order valence-electron chi connectivity index (χ2n) is 2.43. The summed E-state index contributed by atoms with van der Waals surface area (Å²) in [6, 6.07) is 3.91. The smallest absolute Gasteiger partial charge is 0.405 e. The summed E-state index contributed by atoms with van der Waals surface area (Å²) in [7, 11) is 0. The highest BCUT2D eigenvalue weighted by atomic mass is 35.5. The normalized spacial score (nSPS) is 11.5. The molecule has 0 saturated carbocycles. The Kier molecular flexibility index (Phi) is 3.50. The van der Waals surface area contributed by atoms with Gasteiger partial charge in [-0.1, -0.05) is 17.7 Å². The van der Waals surface area contributed by atoms with Crippen molar-refractivity contribution in [3.05, 3.63) is 28.8 Å². The summed E-state index contributed by atoms with van der Waals surface area (Å²) in [5.41, 5.74) is 0.244. The summed E-state index contributed by atoms with van der Waals surface area (Å²) in [5.74, 6) is -0.428. The third-order valence-electron chi connectivity index (χ3n) is 1.40. The second-order valence-corrected chi connectivity index (χ2v) is 3.14. The largest absolute Gasteiger partial charge is 0.573 e. The minimum absolute atomic E-state index is 0.0669. The summed E-state index contributed by atoms with van der Waals surface area (Å²) in [6.45, 7) is 0. The van der Waals surface area contributed by atoms with Crippen LogP contribution in [0.1, 0.15) is 5.56 Å². The summed E-state index contributed by atoms with van der Waals surface area (Å²) in [6.07, 6.45) is -4.73. The summed E-state index contributed by atoms with van der Waals surface area (Å²) in [5, 5.41) is 0.165. The molecule has 1 rings (SSSR count). The van der Waals surface area contributed by atoms with Crippen LogP contribution in [0.5, 0.6) is 5.75 Å². The van der Waals surface area contributed by atoms with Crippen molar-refractivity contribution in [2.75, 3.05) is 0 Å². The van der Waals surface area contributed by atoms with Crippen LogP contribution in [0, 0.1) is 0 Å². The molecule has 6 heteroatoms. The van der Waals surface area contributed by atoms with Crippen LogP contribution in [-0.2, 0) is 5.88 Å². The van der Waals surface area contributed by atoms with Gasteiger partial charge >= 0.3 is 6.36 Å². The molecule has 0 amide bonds. The molecule has 78 valence electrons. The molecule has 0 aromatic heterocycles. The predicted octanol–water partition coefficient (Wildman–Crippen LogP) is 3.98. The van der Waals surface area contributed by atoms with Crippen LogP contribution in [0.15, 0.2) is 18.2 Å². The third-order valence-corrected chi connectivity index (χ3v) is 1.92. The van der Waals surface area contributed by atoms with Gasteiger partial charge in [-0.2, -0.15) is 0 Å². The molecule has 1 aromatic rings. The number of hydrogen-bond donors (Lipinski definition) is 0. The molecule has 14 heavy (non-hydrogen) atoms. The van der Waals surface area contributed by atoms with Gasteiger partial charge in [-0.05, 0) is 12.1 Å². The van der Waals surface area contributed by atoms with E-state index in [9.17, 15) is 13.2 Å². The van der Waals surface area contributed by atoms with Crippen molar-refractivity contribution in [2.24, 2.45) is 0 Å². The van der Waals surface area contributed by atoms with Gasteiger partial charge in [0.25, 0.3) is 0 Å². The molecule has 0 aliphatic heterocycles. The van der Waals surface area contributed by atoms with Crippen molar-refractivity contribution in [1.29, 1.82) is 0 Å². The molecule has 1 nitrogen and oxygen atoms in total. The van der Waals surface area contributed by atoms with Gasteiger partial charge in [0.15, 0.2) is 0 Å². The first-order chi connectivity index (χ1) is 6.42. The first kappa shape index (κ1) is 11.5. The van der Waals surface area contributed by atoms with Crippen LogP contribution in [0.3, 0.4) is 0 Å². The Morgan fingerprint density at radius 1 is 1.29 bits per heavy atom. The molecule has 0 unspecified atom stereocenters. The fraction of sp³-hybridized carbons (Fsp3) is 0.250. The topological polar surface area (TPSA) is 9.23 Å². The van der Waals surface area contributed by atoms with Crippen LogP contribution in [0.25, 0.3) is 0 Å². The Morgan fingerprint density at radius 2 is 1.93 bits per heavy atom. The minimum atomic E-state index is -4.73. The fourth-order valence-electron chi connectivity index (χ4n) is 0.858. The molecule has 0 N–H and O–H groups in total. The van der Waals surface area contributed by atoms with Gasteiger partial charge in [-0.15, -0.1) is 24.8 Å². The van der Waals surface area contributed by atoms with Crippen LogP contribution < -0.4 is 4.74 Å². The Hall–Kier alpha value is -0.610. The zero-order valence-corrected chi connectivity index (χ0v) is 8.25. The second kappa shape index (κ2) is 4.28. The van der Waals surface area contributed by atoms with Gasteiger partial charge < -0.3 is 4.74 Å². The summed E-state index contributed by atoms with van der Waals surface area (Å²) >= 11 is 10.9. The maximum atomic E-state index is 11.9. The first-order valence-corrected chi connectivity index (χ1v) is 4.44. The SMILES string of the molecule is FC(F)(F)Oc1cc(Cl)ccc1CCl. The standard InChI is InChI=1S/C8H5Cl2F3O/c9-4-5-1-2-6(10)3-7(5)14-8(11,12)13/h1-3H,4H2. The number of alkyl halides is 4. The fourth-order valence-corrected chi connectivity index (χ4v) is 1.24. The number of halogens is 5. The Morgan fingerprint density at radius 3 is 2.43 bits per heavy atom. The van der Waals surface area contributed by atoms with Gasteiger partial charge in [-0.25, -0.2) is 0 Å². The van der Waals surface area contributed by atoms with Crippen molar-refractivity contribution < 1.29 is 17.9 Å². The zero-order valence-electron chi connectivity index (χ0n) is 6.74. The van der Waals surface area contributed by atoms with Crippen molar-refractivity contribution in [3.8, 4) is 5.75 Å². The van der Waals surface area contributed by atoms with Crippen molar-refractivity contribution in [1.82, 2.24) is 0 Å². The summed E-state index contributed by atoms with van der Waals surface area (Å²) in [4.78, 5) is 0. The maximum absolute atomic E-state index is 11.9. The van der Waals surface area contributed by atoms with Gasteiger partial charge in [0.1, 0.15) is 5.75 Å². The molecule has 1 aromatic carbocycles. The molecule has 0 heterocycles. The lowest BCUT2D eigenvalue weighted by Gasteiger charge is -2.11. The van der Waals surface area contributed by atoms with E-state index in [-0.39, 0.29) is 22.2 Å². The van der Waals surface area contributed by atoms with E-state index in [0.29, 0.717) is 0 Å². The van der Waals surface area contributed by atoms with E-state index in [2.05, 4.69) is 4.74 Å². The summed E-state index contributed by atoms with van der Waals surface area (Å²) < 4.78 is 39.4. The maximum Gasteiger partial charge on any atom is 0.573 e. The quantitative estimate of drug-likeness (QED) is 0.716. The molecule has 0 fully saturated rings. The number of rotatable bonds is 2. The lowest BCUT2D eigenvalue weighted by Crippen LogP contribution is -2.18. The predicted molar refractivity (Wildman–Crippen MR) is 47.7 cm³/mol. The molecule has 0 aliphatic rings. The van der Waals surface area contributed by atoms with Crippen molar-refractivity contribution in [3.63, 3.8) is 0 Å². The van der Waals surface area contributed by atoms with Crippen LogP contribution in [-0.4, -0.2) is 6.36 Å². The van der Waals surface area contributed by atoms with Gasteiger partial charge in [0.05, 0.1) is 5.88 Å². The van der Waals surface area contributed by atoms with E-state index >= 15 is 0 Å². The van der Waals surface area contributed by atoms with Gasteiger partial charge in [-0.3, -0.25) is 0 Å². The highest BCUT2D eigenvalue weighted by molar-refractivity contribution is 6.30. The van der Waals surface area contributed by atoms with Gasteiger partial charge in [0.2, 0.25) is 0 Å². The molecule has 0 bridgehead atoms. The van der Waals surface area contributed by atoms with Crippen LogP contribution in [0.4, 0.5) is 13.2 Å². The number of ether oxygens (including phenoxy) is 1. The minimum Gasteiger partial charge on any atom is -0.405 e. The van der Waals surface area contributed by atoms with E-state index < -0.39 is 6.36 Å². The Bertz CT molecular complexity index is 325. The van der Waals surface area contributed by atoms with Crippen LogP contribution in [0.2, 0.25) is 5.02 Å². The van der Waals surface area contributed by atoms with Gasteiger partial charge in [0, 0.05) is 10.6 Å². The molecular weight excluding hydrogens is 240 g/mol. The van der Waals surface area contributed by atoms with E-state index in [1.807, 2.05) is 0 Å². The Labute approximate surface area is 88.4 Å². The molecule has 0 atom stereocenters. The monoisotopic (exact) mass is 244 g/mol. The van der Waals surface area contributed by atoms with Crippen LogP contribution >= 0.6 is 23.2 Å². The average Bonchev–Trinajstić information content (AvgIpc) is 2.01. The highest BCUT2D eigenvalue weighted by Crippen LogP contribution is 2.29. The number of benzene rings is 1. The van der Waals surface area contributed by atoms with Crippen molar-refractivity contribution in [2.45, 2.75) is 12.2 Å². The molecule has 0 saturated heterocycles. The lowest BCUT2D eigenvalue weighted by molar-refractivity contribution is -0.274. The number of hydrogen-bond acceptors (Lipinski definition) is 1. The third kappa shape index (κ3) is 3.27. The lowest BCUT2D eigenvalue weighted by atomic mass is 10.2. The highest BCUT2D eigenvalue weighted by Gasteiger charge is 2.32. The zero-order chi connectivity index (χ0) is 10.8. The van der Waals surface area contributed by atoms with E-state index in [4.69, 9.17) is 23.2 Å². The van der Waals surface area contributed by atoms with E-state index in [1.54, 1.807) is 0 Å². The molecule has 0 spiro atoms. The molecular formula is C8H5Cl2F3O. The first-order valence-electron chi connectivity index (χ1n) is 3.52. The average molecular weight is 245 g/mol. The van der Waals surface area contributed by atoms with E-state index in [1.165, 1.54) is 12.1 Å². The van der Waals surface area contributed by atoms with E-state index in [0.717, 1.165) is 6.07 Å².